The van der Waals surface area contributed by atoms with E-state index in [9.17, 15) is 4.79 Å². The summed E-state index contributed by atoms with van der Waals surface area (Å²) in [5.41, 5.74) is 0. The van der Waals surface area contributed by atoms with Gasteiger partial charge in [0.25, 0.3) is 0 Å². The number of para-hydroxylation sites is 1. The van der Waals surface area contributed by atoms with Crippen molar-refractivity contribution in [2.75, 3.05) is 19.0 Å². The summed E-state index contributed by atoms with van der Waals surface area (Å²) in [4.78, 5) is 13.3. The Morgan fingerprint density at radius 1 is 1.41 bits per heavy atom. The van der Waals surface area contributed by atoms with Gasteiger partial charge in [0.1, 0.15) is 17.7 Å². The number of ether oxygens (including phenoxy) is 1. The van der Waals surface area contributed by atoms with E-state index in [1.165, 1.54) is 0 Å². The van der Waals surface area contributed by atoms with Crippen LogP contribution in [0.4, 0.5) is 0 Å². The van der Waals surface area contributed by atoms with E-state index in [0.717, 1.165) is 25.1 Å². The Balaban J connectivity index is 1.92. The molecule has 0 bridgehead atoms. The van der Waals surface area contributed by atoms with Crippen LogP contribution in [-0.4, -0.2) is 35.9 Å². The summed E-state index contributed by atoms with van der Waals surface area (Å²) in [6.45, 7) is 1.43. The number of carbonyl (C=O) groups excluding carboxylic acids is 1. The van der Waals surface area contributed by atoms with E-state index in [1.54, 1.807) is 4.90 Å². The minimum Gasteiger partial charge on any atom is -0.489 e. The van der Waals surface area contributed by atoms with Gasteiger partial charge in [-0.25, -0.2) is 0 Å². The normalized spacial score (nSPS) is 20.1. The number of benzene rings is 1. The topological polar surface area (TPSA) is 29.5 Å². The van der Waals surface area contributed by atoms with Crippen molar-refractivity contribution in [2.24, 2.45) is 0 Å². The van der Waals surface area contributed by atoms with Gasteiger partial charge in [0.15, 0.2) is 0 Å². The van der Waals surface area contributed by atoms with Crippen LogP contribution < -0.4 is 4.74 Å². The molecule has 1 atom stereocenters. The summed E-state index contributed by atoms with van der Waals surface area (Å²) in [6, 6.07) is 9.71. The predicted octanol–water partition coefficient (Wildman–Crippen LogP) is 2.30. The number of rotatable bonds is 3. The molecule has 0 aromatic heterocycles. The third kappa shape index (κ3) is 3.37. The van der Waals surface area contributed by atoms with Crippen molar-refractivity contribution in [2.45, 2.75) is 18.9 Å². The average molecular weight is 254 g/mol. The molecule has 0 radical (unpaired) electrons. The second-order valence-electron chi connectivity index (χ2n) is 4.17. The highest BCUT2D eigenvalue weighted by Gasteiger charge is 2.24. The largest absolute Gasteiger partial charge is 0.489 e. The van der Waals surface area contributed by atoms with Gasteiger partial charge in [-0.1, -0.05) is 18.2 Å². The number of alkyl halides is 1. The highest BCUT2D eigenvalue weighted by Crippen LogP contribution is 2.18. The molecular weight excluding hydrogens is 238 g/mol. The highest BCUT2D eigenvalue weighted by atomic mass is 35.5. The number of hydrogen-bond acceptors (Lipinski definition) is 2. The minimum atomic E-state index is -0.00646. The number of likely N-dealkylation sites (tertiary alicyclic amines) is 1. The standard InChI is InChI=1S/C13H16ClNO2/c14-9-13(16)15-8-4-7-12(10-15)17-11-5-2-1-3-6-11/h1-3,5-6,12H,4,7-10H2/t12-/m1/s1. The molecule has 0 N–H and O–H groups in total. The van der Waals surface area contributed by atoms with E-state index in [1.807, 2.05) is 30.3 Å². The Labute approximate surface area is 106 Å². The third-order valence-corrected chi connectivity index (χ3v) is 3.12. The molecule has 1 aromatic rings. The van der Waals surface area contributed by atoms with Gasteiger partial charge in [0.05, 0.1) is 6.54 Å². The van der Waals surface area contributed by atoms with Crippen LogP contribution in [0.5, 0.6) is 5.75 Å². The molecule has 1 amide bonds. The lowest BCUT2D eigenvalue weighted by Gasteiger charge is -2.32. The van der Waals surface area contributed by atoms with E-state index in [4.69, 9.17) is 16.3 Å². The Bertz CT molecular complexity index is 369. The van der Waals surface area contributed by atoms with Crippen LogP contribution in [0.25, 0.3) is 0 Å². The van der Waals surface area contributed by atoms with Crippen LogP contribution in [0.1, 0.15) is 12.8 Å². The molecule has 0 saturated carbocycles. The molecule has 1 saturated heterocycles. The molecule has 1 heterocycles. The summed E-state index contributed by atoms with van der Waals surface area (Å²) in [5, 5.41) is 0. The quantitative estimate of drug-likeness (QED) is 0.774. The lowest BCUT2D eigenvalue weighted by atomic mass is 10.1. The van der Waals surface area contributed by atoms with Crippen molar-refractivity contribution in [1.82, 2.24) is 4.90 Å². The number of amides is 1. The fraction of sp³-hybridized carbons (Fsp3) is 0.462. The van der Waals surface area contributed by atoms with Crippen molar-refractivity contribution >= 4 is 17.5 Å². The van der Waals surface area contributed by atoms with Gasteiger partial charge in [-0.2, -0.15) is 0 Å². The molecule has 0 unspecified atom stereocenters. The smallest absolute Gasteiger partial charge is 0.237 e. The summed E-state index contributed by atoms with van der Waals surface area (Å²) >= 11 is 5.56. The number of nitrogens with zero attached hydrogens (tertiary/aromatic N) is 1. The zero-order valence-corrected chi connectivity index (χ0v) is 10.4. The second-order valence-corrected chi connectivity index (χ2v) is 4.44. The molecule has 0 spiro atoms. The number of hydrogen-bond donors (Lipinski definition) is 0. The molecule has 3 nitrogen and oxygen atoms in total. The number of halogens is 1. The van der Waals surface area contributed by atoms with Gasteiger partial charge in [0.2, 0.25) is 5.91 Å². The summed E-state index contributed by atoms with van der Waals surface area (Å²) in [6.07, 6.45) is 2.04. The summed E-state index contributed by atoms with van der Waals surface area (Å²) < 4.78 is 5.84. The second kappa shape index (κ2) is 5.92. The maximum Gasteiger partial charge on any atom is 0.237 e. The van der Waals surface area contributed by atoms with Crippen LogP contribution in [0.3, 0.4) is 0 Å². The zero-order valence-electron chi connectivity index (χ0n) is 9.64. The van der Waals surface area contributed by atoms with Crippen LogP contribution in [0.15, 0.2) is 30.3 Å². The summed E-state index contributed by atoms with van der Waals surface area (Å²) in [7, 11) is 0. The first-order valence-electron chi connectivity index (χ1n) is 5.85. The monoisotopic (exact) mass is 253 g/mol. The van der Waals surface area contributed by atoms with Crippen LogP contribution in [-0.2, 0) is 4.79 Å². The molecule has 1 aromatic carbocycles. The maximum absolute atomic E-state index is 11.5. The lowest BCUT2D eigenvalue weighted by Crippen LogP contribution is -2.44. The van der Waals surface area contributed by atoms with Gasteiger partial charge in [-0.15, -0.1) is 11.6 Å². The molecule has 1 aliphatic rings. The van der Waals surface area contributed by atoms with E-state index in [0.29, 0.717) is 6.54 Å². The fourth-order valence-corrected chi connectivity index (χ4v) is 2.21. The highest BCUT2D eigenvalue weighted by molar-refractivity contribution is 6.27. The Hall–Kier alpha value is -1.22. The van der Waals surface area contributed by atoms with E-state index in [-0.39, 0.29) is 17.9 Å². The van der Waals surface area contributed by atoms with Crippen LogP contribution in [0.2, 0.25) is 0 Å². The maximum atomic E-state index is 11.5. The average Bonchev–Trinajstić information content (AvgIpc) is 2.39. The van der Waals surface area contributed by atoms with Crippen LogP contribution >= 0.6 is 11.6 Å². The molecule has 1 aliphatic heterocycles. The zero-order chi connectivity index (χ0) is 12.1. The lowest BCUT2D eigenvalue weighted by molar-refractivity contribution is -0.131. The minimum absolute atomic E-state index is 0.00646. The van der Waals surface area contributed by atoms with Crippen molar-refractivity contribution in [3.05, 3.63) is 30.3 Å². The molecular formula is C13H16ClNO2. The molecule has 1 fully saturated rings. The van der Waals surface area contributed by atoms with E-state index in [2.05, 4.69) is 0 Å². The first-order valence-corrected chi connectivity index (χ1v) is 6.38. The predicted molar refractivity (Wildman–Crippen MR) is 67.4 cm³/mol. The Kier molecular flexibility index (Phi) is 4.26. The van der Waals surface area contributed by atoms with E-state index < -0.39 is 0 Å². The number of carbonyl (C=O) groups is 1. The Morgan fingerprint density at radius 2 is 2.18 bits per heavy atom. The van der Waals surface area contributed by atoms with Crippen molar-refractivity contribution < 1.29 is 9.53 Å². The first-order chi connectivity index (χ1) is 8.29. The van der Waals surface area contributed by atoms with Crippen LogP contribution in [0, 0.1) is 0 Å². The van der Waals surface area contributed by atoms with Crippen molar-refractivity contribution in [3.8, 4) is 5.75 Å². The molecule has 92 valence electrons. The molecule has 2 rings (SSSR count). The van der Waals surface area contributed by atoms with Gasteiger partial charge >= 0.3 is 0 Å². The molecule has 4 heteroatoms. The van der Waals surface area contributed by atoms with Crippen molar-refractivity contribution in [1.29, 1.82) is 0 Å². The fourth-order valence-electron chi connectivity index (χ4n) is 2.04. The van der Waals surface area contributed by atoms with Crippen molar-refractivity contribution in [3.63, 3.8) is 0 Å². The SMILES string of the molecule is O=C(CCl)N1CCC[C@@H](Oc2ccccc2)C1. The third-order valence-electron chi connectivity index (χ3n) is 2.89. The van der Waals surface area contributed by atoms with E-state index >= 15 is 0 Å². The van der Waals surface area contributed by atoms with Gasteiger partial charge in [-0.3, -0.25) is 4.79 Å². The van der Waals surface area contributed by atoms with Gasteiger partial charge < -0.3 is 9.64 Å². The number of piperidine rings is 1. The van der Waals surface area contributed by atoms with Gasteiger partial charge in [-0.05, 0) is 25.0 Å². The molecule has 0 aliphatic carbocycles. The van der Waals surface area contributed by atoms with Gasteiger partial charge in [0, 0.05) is 6.54 Å². The first kappa shape index (κ1) is 12.2. The summed E-state index contributed by atoms with van der Waals surface area (Å²) in [5.74, 6) is 0.906. The molecule has 17 heavy (non-hydrogen) atoms. The Morgan fingerprint density at radius 3 is 2.88 bits per heavy atom.